The zero-order valence-electron chi connectivity index (χ0n) is 9.25. The zero-order chi connectivity index (χ0) is 10.7. The predicted octanol–water partition coefficient (Wildman–Crippen LogP) is 2.64. The van der Waals surface area contributed by atoms with Crippen LogP contribution in [0.15, 0.2) is 41.0 Å². The summed E-state index contributed by atoms with van der Waals surface area (Å²) < 4.78 is 0. The fraction of sp³-hybridized carbons (Fsp3) is 0.308. The molecule has 0 spiro atoms. The van der Waals surface area contributed by atoms with E-state index in [4.69, 9.17) is 0 Å². The highest BCUT2D eigenvalue weighted by molar-refractivity contribution is 5.99. The lowest BCUT2D eigenvalue weighted by Crippen LogP contribution is -2.18. The van der Waals surface area contributed by atoms with Gasteiger partial charge in [0.05, 0.1) is 0 Å². The third kappa shape index (κ3) is 2.46. The molecule has 0 fully saturated rings. The predicted molar refractivity (Wildman–Crippen MR) is 64.1 cm³/mol. The van der Waals surface area contributed by atoms with Crippen LogP contribution in [0.25, 0.3) is 0 Å². The Kier molecular flexibility index (Phi) is 2.86. The lowest BCUT2D eigenvalue weighted by Gasteiger charge is -2.05. The second-order valence-corrected chi connectivity index (χ2v) is 3.98. The molecule has 1 aliphatic heterocycles. The maximum atomic E-state index is 4.53. The molecule has 2 heteroatoms. The number of benzene rings is 1. The normalized spacial score (nSPS) is 16.1. The standard InChI is InChI=1S/C13H16N2/c1-10-3-5-12(6-4-10)13-14-8-7-11(2)9-15-13/h3-6,9H,7-8H2,1-2H3,(H,14,15). The molecule has 78 valence electrons. The Balaban J connectivity index is 2.23. The molecule has 2 nitrogen and oxygen atoms in total. The van der Waals surface area contributed by atoms with E-state index < -0.39 is 0 Å². The molecule has 0 amide bonds. The molecule has 0 aliphatic carbocycles. The summed E-state index contributed by atoms with van der Waals surface area (Å²) in [5.74, 6) is 0.979. The van der Waals surface area contributed by atoms with Gasteiger partial charge in [-0.1, -0.05) is 35.4 Å². The Morgan fingerprint density at radius 1 is 1.13 bits per heavy atom. The van der Waals surface area contributed by atoms with Crippen molar-refractivity contribution in [1.29, 1.82) is 0 Å². The Morgan fingerprint density at radius 3 is 2.60 bits per heavy atom. The fourth-order valence-corrected chi connectivity index (χ4v) is 1.54. The highest BCUT2D eigenvalue weighted by Gasteiger charge is 2.04. The van der Waals surface area contributed by atoms with E-state index in [1.807, 2.05) is 6.20 Å². The fourth-order valence-electron chi connectivity index (χ4n) is 1.54. The summed E-state index contributed by atoms with van der Waals surface area (Å²) in [6.45, 7) is 5.09. The van der Waals surface area contributed by atoms with Crippen LogP contribution in [-0.2, 0) is 0 Å². The number of nitrogens with zero attached hydrogens (tertiary/aromatic N) is 1. The van der Waals surface area contributed by atoms with Crippen molar-refractivity contribution < 1.29 is 0 Å². The molecule has 1 aliphatic rings. The second kappa shape index (κ2) is 4.30. The summed E-state index contributed by atoms with van der Waals surface area (Å²) in [5, 5.41) is 3.26. The van der Waals surface area contributed by atoms with E-state index in [9.17, 15) is 0 Å². The van der Waals surface area contributed by atoms with Gasteiger partial charge in [0.2, 0.25) is 0 Å². The van der Waals surface area contributed by atoms with Crippen molar-refractivity contribution in [1.82, 2.24) is 5.32 Å². The number of nitrogens with one attached hydrogen (secondary N) is 1. The number of hydrogen-bond acceptors (Lipinski definition) is 2. The lowest BCUT2D eigenvalue weighted by molar-refractivity contribution is 0.959. The minimum absolute atomic E-state index is 0.874. The van der Waals surface area contributed by atoms with Gasteiger partial charge in [0.15, 0.2) is 0 Å². The van der Waals surface area contributed by atoms with Crippen LogP contribution in [-0.4, -0.2) is 12.4 Å². The Bertz CT molecular complexity index is 399. The maximum Gasteiger partial charge on any atom is 0.132 e. The Labute approximate surface area is 90.7 Å². The van der Waals surface area contributed by atoms with Gasteiger partial charge < -0.3 is 5.32 Å². The van der Waals surface area contributed by atoms with Gasteiger partial charge >= 0.3 is 0 Å². The van der Waals surface area contributed by atoms with E-state index in [1.165, 1.54) is 11.1 Å². The number of amidine groups is 1. The van der Waals surface area contributed by atoms with E-state index in [2.05, 4.69) is 48.4 Å². The minimum Gasteiger partial charge on any atom is -0.347 e. The Hall–Kier alpha value is -1.57. The van der Waals surface area contributed by atoms with Gasteiger partial charge in [-0.05, 0) is 20.3 Å². The molecule has 0 saturated carbocycles. The second-order valence-electron chi connectivity index (χ2n) is 3.98. The van der Waals surface area contributed by atoms with Gasteiger partial charge in [-0.3, -0.25) is 4.99 Å². The third-order valence-corrected chi connectivity index (χ3v) is 2.56. The van der Waals surface area contributed by atoms with Gasteiger partial charge in [-0.2, -0.15) is 0 Å². The van der Waals surface area contributed by atoms with Gasteiger partial charge in [0.1, 0.15) is 5.84 Å². The van der Waals surface area contributed by atoms with Crippen molar-refractivity contribution in [2.45, 2.75) is 20.3 Å². The van der Waals surface area contributed by atoms with Crippen LogP contribution in [0.1, 0.15) is 24.5 Å². The first-order chi connectivity index (χ1) is 7.25. The Morgan fingerprint density at radius 2 is 1.87 bits per heavy atom. The van der Waals surface area contributed by atoms with Crippen LogP contribution in [0, 0.1) is 6.92 Å². The summed E-state index contributed by atoms with van der Waals surface area (Å²) in [6, 6.07) is 8.44. The van der Waals surface area contributed by atoms with Crippen molar-refractivity contribution in [2.75, 3.05) is 6.54 Å². The van der Waals surface area contributed by atoms with Crippen LogP contribution < -0.4 is 5.32 Å². The topological polar surface area (TPSA) is 24.4 Å². The number of hydrogen-bond donors (Lipinski definition) is 1. The van der Waals surface area contributed by atoms with Gasteiger partial charge in [-0.25, -0.2) is 0 Å². The van der Waals surface area contributed by atoms with Crippen LogP contribution in [0.2, 0.25) is 0 Å². The number of aryl methyl sites for hydroxylation is 1. The van der Waals surface area contributed by atoms with Gasteiger partial charge in [0, 0.05) is 18.3 Å². The average Bonchev–Trinajstić information content (AvgIpc) is 2.44. The molecule has 15 heavy (non-hydrogen) atoms. The molecule has 2 rings (SSSR count). The van der Waals surface area contributed by atoms with E-state index in [-0.39, 0.29) is 0 Å². The molecule has 0 aromatic heterocycles. The first-order valence-corrected chi connectivity index (χ1v) is 5.29. The summed E-state index contributed by atoms with van der Waals surface area (Å²) in [4.78, 5) is 4.53. The third-order valence-electron chi connectivity index (χ3n) is 2.56. The lowest BCUT2D eigenvalue weighted by atomic mass is 10.1. The van der Waals surface area contributed by atoms with Crippen molar-refractivity contribution in [2.24, 2.45) is 4.99 Å². The maximum absolute atomic E-state index is 4.53. The summed E-state index contributed by atoms with van der Waals surface area (Å²) in [5.41, 5.74) is 3.78. The number of rotatable bonds is 1. The molecule has 0 atom stereocenters. The van der Waals surface area contributed by atoms with Crippen molar-refractivity contribution in [3.05, 3.63) is 47.2 Å². The van der Waals surface area contributed by atoms with E-state index >= 15 is 0 Å². The van der Waals surface area contributed by atoms with Crippen LogP contribution in [0.3, 0.4) is 0 Å². The van der Waals surface area contributed by atoms with Gasteiger partial charge in [-0.15, -0.1) is 0 Å². The summed E-state index contributed by atoms with van der Waals surface area (Å²) in [7, 11) is 0. The highest BCUT2D eigenvalue weighted by Crippen LogP contribution is 2.08. The van der Waals surface area contributed by atoms with Crippen molar-refractivity contribution >= 4 is 5.84 Å². The molecule has 1 aromatic rings. The number of aliphatic imine (C=N–C) groups is 1. The SMILES string of the molecule is CC1=CNC(c2ccc(C)cc2)=NCC1. The summed E-state index contributed by atoms with van der Waals surface area (Å²) in [6.07, 6.45) is 3.09. The molecule has 1 aromatic carbocycles. The first kappa shape index (κ1) is 9.97. The van der Waals surface area contributed by atoms with E-state index in [0.29, 0.717) is 0 Å². The summed E-state index contributed by atoms with van der Waals surface area (Å²) >= 11 is 0. The molecule has 1 heterocycles. The van der Waals surface area contributed by atoms with Crippen molar-refractivity contribution in [3.8, 4) is 0 Å². The monoisotopic (exact) mass is 200 g/mol. The van der Waals surface area contributed by atoms with Gasteiger partial charge in [0.25, 0.3) is 0 Å². The van der Waals surface area contributed by atoms with E-state index in [1.54, 1.807) is 0 Å². The molecule has 0 bridgehead atoms. The van der Waals surface area contributed by atoms with Crippen LogP contribution >= 0.6 is 0 Å². The van der Waals surface area contributed by atoms with Crippen LogP contribution in [0.5, 0.6) is 0 Å². The first-order valence-electron chi connectivity index (χ1n) is 5.29. The average molecular weight is 200 g/mol. The van der Waals surface area contributed by atoms with Crippen molar-refractivity contribution in [3.63, 3.8) is 0 Å². The minimum atomic E-state index is 0.874. The quantitative estimate of drug-likeness (QED) is 0.740. The highest BCUT2D eigenvalue weighted by atomic mass is 15.0. The smallest absolute Gasteiger partial charge is 0.132 e. The molecule has 0 unspecified atom stereocenters. The van der Waals surface area contributed by atoms with Crippen LogP contribution in [0.4, 0.5) is 0 Å². The van der Waals surface area contributed by atoms with E-state index in [0.717, 1.165) is 24.4 Å². The molecule has 1 N–H and O–H groups in total. The largest absolute Gasteiger partial charge is 0.347 e. The molecular formula is C13H16N2. The molecular weight excluding hydrogens is 184 g/mol. The molecule has 0 radical (unpaired) electrons. The zero-order valence-corrected chi connectivity index (χ0v) is 9.25. The molecule has 0 saturated heterocycles.